The smallest absolute Gasteiger partial charge is 0.222 e. The summed E-state index contributed by atoms with van der Waals surface area (Å²) in [5.74, 6) is 0.472. The number of benzene rings is 1. The van der Waals surface area contributed by atoms with Crippen molar-refractivity contribution in [2.75, 3.05) is 13.1 Å². The number of H-pyrrole nitrogens is 1. The molecule has 3 heterocycles. The predicted octanol–water partition coefficient (Wildman–Crippen LogP) is 2.69. The van der Waals surface area contributed by atoms with Gasteiger partial charge in [0.05, 0.1) is 5.69 Å². The predicted molar refractivity (Wildman–Crippen MR) is 95.0 cm³/mol. The van der Waals surface area contributed by atoms with Crippen LogP contribution >= 0.6 is 0 Å². The maximum absolute atomic E-state index is 12.6. The van der Waals surface area contributed by atoms with Gasteiger partial charge in [-0.15, -0.1) is 0 Å². The summed E-state index contributed by atoms with van der Waals surface area (Å²) in [7, 11) is 0. The molecule has 0 spiro atoms. The van der Waals surface area contributed by atoms with Crippen molar-refractivity contribution in [3.8, 4) is 0 Å². The monoisotopic (exact) mass is 335 g/mol. The van der Waals surface area contributed by atoms with E-state index in [0.717, 1.165) is 43.6 Å². The molecule has 128 valence electrons. The minimum absolute atomic E-state index is 0.225. The summed E-state index contributed by atoms with van der Waals surface area (Å²) < 4.78 is 0. The second kappa shape index (κ2) is 7.01. The second-order valence-corrected chi connectivity index (χ2v) is 6.53. The van der Waals surface area contributed by atoms with Gasteiger partial charge in [-0.25, -0.2) is 9.97 Å². The van der Waals surface area contributed by atoms with Crippen molar-refractivity contribution in [2.45, 2.75) is 31.6 Å². The number of fused-ring (bicyclic) bond motifs is 1. The van der Waals surface area contributed by atoms with Crippen LogP contribution in [0.25, 0.3) is 11.2 Å². The van der Waals surface area contributed by atoms with Crippen LogP contribution in [0.2, 0.25) is 0 Å². The minimum atomic E-state index is 0.225. The Morgan fingerprint density at radius 2 is 2.04 bits per heavy atom. The van der Waals surface area contributed by atoms with Gasteiger partial charge < -0.3 is 4.90 Å². The molecule has 6 nitrogen and oxygen atoms in total. The Labute approximate surface area is 146 Å². The summed E-state index contributed by atoms with van der Waals surface area (Å²) in [5.41, 5.74) is 3.68. The zero-order valence-corrected chi connectivity index (χ0v) is 14.1. The fourth-order valence-corrected chi connectivity index (χ4v) is 3.55. The number of hydrogen-bond acceptors (Lipinski definition) is 4. The van der Waals surface area contributed by atoms with Crippen LogP contribution in [0.5, 0.6) is 0 Å². The number of hydrogen-bond donors (Lipinski definition) is 1. The number of piperidine rings is 1. The van der Waals surface area contributed by atoms with E-state index in [9.17, 15) is 4.79 Å². The van der Waals surface area contributed by atoms with E-state index in [-0.39, 0.29) is 11.8 Å². The van der Waals surface area contributed by atoms with Crippen molar-refractivity contribution in [2.24, 2.45) is 0 Å². The molecule has 0 bridgehead atoms. The van der Waals surface area contributed by atoms with Gasteiger partial charge >= 0.3 is 0 Å². The number of aromatic amines is 1. The van der Waals surface area contributed by atoms with Gasteiger partial charge in [0.25, 0.3) is 0 Å². The molecule has 1 saturated heterocycles. The van der Waals surface area contributed by atoms with Gasteiger partial charge in [0, 0.05) is 37.8 Å². The topological polar surface area (TPSA) is 74.8 Å². The first-order valence-corrected chi connectivity index (χ1v) is 8.78. The van der Waals surface area contributed by atoms with Crippen molar-refractivity contribution in [3.63, 3.8) is 0 Å². The SMILES string of the molecule is O=C(CCc1ccccc1)N1CCC[C@@H](c2[nH]nc3nccnc23)C1. The Balaban J connectivity index is 1.43. The number of rotatable bonds is 4. The van der Waals surface area contributed by atoms with Crippen LogP contribution in [-0.2, 0) is 11.2 Å². The average Bonchev–Trinajstić information content (AvgIpc) is 3.11. The Morgan fingerprint density at radius 3 is 2.92 bits per heavy atom. The van der Waals surface area contributed by atoms with E-state index < -0.39 is 0 Å². The largest absolute Gasteiger partial charge is 0.342 e. The molecule has 1 N–H and O–H groups in total. The van der Waals surface area contributed by atoms with E-state index in [1.165, 1.54) is 5.56 Å². The molecule has 1 fully saturated rings. The van der Waals surface area contributed by atoms with E-state index >= 15 is 0 Å². The standard InChI is InChI=1S/C19H21N5O/c25-16(9-8-14-5-2-1-3-6-14)24-12-4-7-15(13-24)17-18-19(23-22-17)21-11-10-20-18/h1-3,5-6,10-11,15H,4,7-9,12-13H2,(H,21,22,23)/t15-/m1/s1. The van der Waals surface area contributed by atoms with Crippen LogP contribution in [0.4, 0.5) is 0 Å². The Kier molecular flexibility index (Phi) is 4.41. The molecule has 2 aromatic heterocycles. The number of nitrogens with one attached hydrogen (secondary N) is 1. The quantitative estimate of drug-likeness (QED) is 0.795. The molecule has 1 aromatic carbocycles. The van der Waals surface area contributed by atoms with Crippen molar-refractivity contribution >= 4 is 17.1 Å². The highest BCUT2D eigenvalue weighted by atomic mass is 16.2. The first kappa shape index (κ1) is 15.7. The Hall–Kier alpha value is -2.76. The molecule has 3 aromatic rings. The molecule has 1 aliphatic rings. The van der Waals surface area contributed by atoms with Crippen LogP contribution in [0.1, 0.15) is 36.4 Å². The number of nitrogens with zero attached hydrogens (tertiary/aromatic N) is 4. The number of amides is 1. The normalized spacial score (nSPS) is 17.8. The van der Waals surface area contributed by atoms with Gasteiger partial charge in [-0.05, 0) is 24.8 Å². The highest BCUT2D eigenvalue weighted by Gasteiger charge is 2.27. The molecular formula is C19H21N5O. The lowest BCUT2D eigenvalue weighted by molar-refractivity contribution is -0.132. The lowest BCUT2D eigenvalue weighted by Crippen LogP contribution is -2.39. The molecule has 25 heavy (non-hydrogen) atoms. The average molecular weight is 335 g/mol. The lowest BCUT2D eigenvalue weighted by Gasteiger charge is -2.32. The van der Waals surface area contributed by atoms with E-state index in [1.807, 2.05) is 23.1 Å². The van der Waals surface area contributed by atoms with E-state index in [0.29, 0.717) is 12.1 Å². The maximum atomic E-state index is 12.6. The van der Waals surface area contributed by atoms with Crippen molar-refractivity contribution in [1.29, 1.82) is 0 Å². The van der Waals surface area contributed by atoms with Crippen molar-refractivity contribution in [3.05, 3.63) is 54.0 Å². The zero-order valence-electron chi connectivity index (χ0n) is 14.1. The number of aromatic nitrogens is 4. The van der Waals surface area contributed by atoms with Crippen molar-refractivity contribution in [1.82, 2.24) is 25.1 Å². The van der Waals surface area contributed by atoms with Crippen molar-refractivity contribution < 1.29 is 4.79 Å². The summed E-state index contributed by atoms with van der Waals surface area (Å²) in [6.07, 6.45) is 6.72. The van der Waals surface area contributed by atoms with E-state index in [2.05, 4.69) is 32.3 Å². The highest BCUT2D eigenvalue weighted by Crippen LogP contribution is 2.29. The molecule has 0 saturated carbocycles. The molecule has 1 aliphatic heterocycles. The highest BCUT2D eigenvalue weighted by molar-refractivity contribution is 5.77. The second-order valence-electron chi connectivity index (χ2n) is 6.53. The van der Waals surface area contributed by atoms with Gasteiger partial charge in [0.2, 0.25) is 5.91 Å². The number of carbonyl (C=O) groups excluding carboxylic acids is 1. The van der Waals surface area contributed by atoms with Gasteiger partial charge in [0.15, 0.2) is 5.65 Å². The summed E-state index contributed by atoms with van der Waals surface area (Å²) in [5, 5.41) is 7.33. The third-order valence-corrected chi connectivity index (χ3v) is 4.87. The van der Waals surface area contributed by atoms with E-state index in [4.69, 9.17) is 0 Å². The van der Waals surface area contributed by atoms with Crippen LogP contribution < -0.4 is 0 Å². The number of aryl methyl sites for hydroxylation is 1. The van der Waals surface area contributed by atoms with Crippen LogP contribution in [0, 0.1) is 0 Å². The Morgan fingerprint density at radius 1 is 1.20 bits per heavy atom. The molecule has 4 rings (SSSR count). The van der Waals surface area contributed by atoms with Crippen LogP contribution in [0.15, 0.2) is 42.7 Å². The first-order valence-electron chi connectivity index (χ1n) is 8.78. The first-order chi connectivity index (χ1) is 12.3. The van der Waals surface area contributed by atoms with Gasteiger partial charge in [-0.2, -0.15) is 5.10 Å². The number of likely N-dealkylation sites (tertiary alicyclic amines) is 1. The molecular weight excluding hydrogens is 314 g/mol. The zero-order chi connectivity index (χ0) is 17.1. The molecule has 1 amide bonds. The third-order valence-electron chi connectivity index (χ3n) is 4.87. The van der Waals surface area contributed by atoms with Crippen LogP contribution in [0.3, 0.4) is 0 Å². The summed E-state index contributed by atoms with van der Waals surface area (Å²) in [6.45, 7) is 1.56. The molecule has 0 unspecified atom stereocenters. The summed E-state index contributed by atoms with van der Waals surface area (Å²) in [6, 6.07) is 10.2. The van der Waals surface area contributed by atoms with Gasteiger partial charge in [-0.1, -0.05) is 30.3 Å². The summed E-state index contributed by atoms with van der Waals surface area (Å²) in [4.78, 5) is 23.2. The molecule has 1 atom stereocenters. The third kappa shape index (κ3) is 3.38. The fraction of sp³-hybridized carbons (Fsp3) is 0.368. The molecule has 0 aliphatic carbocycles. The number of carbonyl (C=O) groups is 1. The fourth-order valence-electron chi connectivity index (χ4n) is 3.55. The van der Waals surface area contributed by atoms with Gasteiger partial charge in [-0.3, -0.25) is 9.89 Å². The van der Waals surface area contributed by atoms with E-state index in [1.54, 1.807) is 12.4 Å². The molecule has 0 radical (unpaired) electrons. The Bertz CT molecular complexity index is 860. The lowest BCUT2D eigenvalue weighted by atomic mass is 9.94. The summed E-state index contributed by atoms with van der Waals surface area (Å²) >= 11 is 0. The maximum Gasteiger partial charge on any atom is 0.222 e. The molecule has 6 heteroatoms. The minimum Gasteiger partial charge on any atom is -0.342 e. The van der Waals surface area contributed by atoms with Gasteiger partial charge in [0.1, 0.15) is 5.52 Å². The van der Waals surface area contributed by atoms with Crippen LogP contribution in [-0.4, -0.2) is 44.1 Å².